The van der Waals surface area contributed by atoms with Crippen molar-refractivity contribution in [1.82, 2.24) is 14.4 Å². The second-order valence-corrected chi connectivity index (χ2v) is 3.67. The van der Waals surface area contributed by atoms with Gasteiger partial charge in [0.25, 0.3) is 5.56 Å². The molecular formula is C8H3BrF3N3O. The summed E-state index contributed by atoms with van der Waals surface area (Å²) in [6.45, 7) is 0. The number of rotatable bonds is 0. The molecule has 0 fully saturated rings. The third-order valence-corrected chi connectivity index (χ3v) is 2.56. The molecule has 0 aliphatic heterocycles. The first-order chi connectivity index (χ1) is 7.41. The Morgan fingerprint density at radius 3 is 2.69 bits per heavy atom. The molecule has 2 rings (SSSR count). The smallest absolute Gasteiger partial charge is 0.268 e. The summed E-state index contributed by atoms with van der Waals surface area (Å²) in [6, 6.07) is 0. The third kappa shape index (κ3) is 1.69. The van der Waals surface area contributed by atoms with E-state index in [9.17, 15) is 18.0 Å². The Morgan fingerprint density at radius 1 is 1.38 bits per heavy atom. The maximum atomic E-state index is 12.5. The molecule has 0 atom stereocenters. The second-order valence-electron chi connectivity index (χ2n) is 2.88. The molecule has 0 amide bonds. The largest absolute Gasteiger partial charge is 0.434 e. The van der Waals surface area contributed by atoms with Gasteiger partial charge in [-0.25, -0.2) is 4.98 Å². The van der Waals surface area contributed by atoms with Gasteiger partial charge in [-0.3, -0.25) is 14.2 Å². The predicted molar refractivity (Wildman–Crippen MR) is 52.0 cm³/mol. The number of hydrogen-bond acceptors (Lipinski definition) is 3. The van der Waals surface area contributed by atoms with Crippen LogP contribution in [-0.2, 0) is 6.18 Å². The summed E-state index contributed by atoms with van der Waals surface area (Å²) >= 11 is 2.60. The lowest BCUT2D eigenvalue weighted by Crippen LogP contribution is -2.22. The van der Waals surface area contributed by atoms with Gasteiger partial charge in [0.2, 0.25) is 0 Å². The minimum atomic E-state index is -4.68. The van der Waals surface area contributed by atoms with Crippen LogP contribution in [-0.4, -0.2) is 14.4 Å². The van der Waals surface area contributed by atoms with E-state index in [0.717, 1.165) is 10.6 Å². The van der Waals surface area contributed by atoms with Crippen LogP contribution in [0.15, 0.2) is 27.9 Å². The van der Waals surface area contributed by atoms with Gasteiger partial charge in [-0.1, -0.05) is 0 Å². The van der Waals surface area contributed by atoms with Crippen molar-refractivity contribution in [3.8, 4) is 0 Å². The van der Waals surface area contributed by atoms with E-state index in [-0.39, 0.29) is 5.65 Å². The third-order valence-electron chi connectivity index (χ3n) is 1.85. The monoisotopic (exact) mass is 293 g/mol. The molecule has 0 aromatic carbocycles. The van der Waals surface area contributed by atoms with Crippen molar-refractivity contribution < 1.29 is 13.2 Å². The molecule has 84 valence electrons. The van der Waals surface area contributed by atoms with Gasteiger partial charge in [-0.2, -0.15) is 13.2 Å². The molecule has 8 heteroatoms. The number of nitrogens with zero attached hydrogens (tertiary/aromatic N) is 3. The zero-order valence-corrected chi connectivity index (χ0v) is 9.08. The van der Waals surface area contributed by atoms with E-state index >= 15 is 0 Å². The fraction of sp³-hybridized carbons (Fsp3) is 0.125. The van der Waals surface area contributed by atoms with Crippen molar-refractivity contribution in [3.63, 3.8) is 0 Å². The zero-order valence-electron chi connectivity index (χ0n) is 7.49. The second kappa shape index (κ2) is 3.55. The van der Waals surface area contributed by atoms with Gasteiger partial charge in [0.1, 0.15) is 4.47 Å². The molecule has 2 aromatic heterocycles. The van der Waals surface area contributed by atoms with Crippen LogP contribution >= 0.6 is 15.9 Å². The van der Waals surface area contributed by atoms with Crippen LogP contribution in [0.25, 0.3) is 5.65 Å². The van der Waals surface area contributed by atoms with Gasteiger partial charge >= 0.3 is 6.18 Å². The summed E-state index contributed by atoms with van der Waals surface area (Å²) in [7, 11) is 0. The molecule has 4 nitrogen and oxygen atoms in total. The summed E-state index contributed by atoms with van der Waals surface area (Å²) in [5.41, 5.74) is -2.21. The SMILES string of the molecule is O=c1c(Br)c(C(F)(F)F)nc2cnccn12. The molecule has 0 N–H and O–H groups in total. The Labute approximate surface area is 94.9 Å². The van der Waals surface area contributed by atoms with Crippen LogP contribution in [0.3, 0.4) is 0 Å². The van der Waals surface area contributed by atoms with Crippen molar-refractivity contribution in [2.75, 3.05) is 0 Å². The van der Waals surface area contributed by atoms with E-state index in [2.05, 4.69) is 25.9 Å². The molecule has 0 spiro atoms. The highest BCUT2D eigenvalue weighted by molar-refractivity contribution is 9.10. The van der Waals surface area contributed by atoms with E-state index in [1.807, 2.05) is 0 Å². The average Bonchev–Trinajstić information content (AvgIpc) is 2.22. The van der Waals surface area contributed by atoms with Gasteiger partial charge in [-0.05, 0) is 15.9 Å². The molecule has 0 saturated heterocycles. The Hall–Kier alpha value is -1.44. The van der Waals surface area contributed by atoms with E-state index in [1.165, 1.54) is 12.4 Å². The molecule has 0 radical (unpaired) electrons. The first-order valence-electron chi connectivity index (χ1n) is 4.00. The maximum absolute atomic E-state index is 12.5. The Balaban J connectivity index is 2.90. The van der Waals surface area contributed by atoms with Crippen molar-refractivity contribution in [2.45, 2.75) is 6.18 Å². The van der Waals surface area contributed by atoms with Crippen molar-refractivity contribution in [2.24, 2.45) is 0 Å². The van der Waals surface area contributed by atoms with Crippen molar-refractivity contribution in [1.29, 1.82) is 0 Å². The molecule has 0 aliphatic rings. The van der Waals surface area contributed by atoms with Crippen LogP contribution in [0.1, 0.15) is 5.69 Å². The van der Waals surface area contributed by atoms with E-state index in [0.29, 0.717) is 0 Å². The predicted octanol–water partition coefficient (Wildman–Crippen LogP) is 1.87. The minimum Gasteiger partial charge on any atom is -0.268 e. The normalized spacial score (nSPS) is 12.0. The highest BCUT2D eigenvalue weighted by Gasteiger charge is 2.36. The Morgan fingerprint density at radius 2 is 2.06 bits per heavy atom. The molecular weight excluding hydrogens is 291 g/mol. The zero-order chi connectivity index (χ0) is 11.9. The first-order valence-corrected chi connectivity index (χ1v) is 4.79. The Kier molecular flexibility index (Phi) is 2.45. The number of hydrogen-bond donors (Lipinski definition) is 0. The summed E-state index contributed by atoms with van der Waals surface area (Å²) < 4.78 is 37.9. The van der Waals surface area contributed by atoms with Crippen LogP contribution in [0, 0.1) is 0 Å². The quantitative estimate of drug-likeness (QED) is 0.745. The first kappa shape index (κ1) is 11.1. The Bertz CT molecular complexity index is 607. The van der Waals surface area contributed by atoms with Gasteiger partial charge in [0.15, 0.2) is 11.3 Å². The molecule has 0 saturated carbocycles. The van der Waals surface area contributed by atoms with E-state index < -0.39 is 21.9 Å². The fourth-order valence-corrected chi connectivity index (χ4v) is 1.67. The standard InChI is InChI=1S/C8H3BrF3N3O/c9-5-6(8(10,11)12)14-4-3-13-1-2-15(4)7(5)16/h1-3H. The molecule has 0 aliphatic carbocycles. The van der Waals surface area contributed by atoms with Crippen LogP contribution < -0.4 is 5.56 Å². The highest BCUT2D eigenvalue weighted by atomic mass is 79.9. The molecule has 2 heterocycles. The van der Waals surface area contributed by atoms with E-state index in [1.54, 1.807) is 0 Å². The highest BCUT2D eigenvalue weighted by Crippen LogP contribution is 2.31. The summed E-state index contributed by atoms with van der Waals surface area (Å²) in [6.07, 6.45) is -1.06. The fourth-order valence-electron chi connectivity index (χ4n) is 1.17. The van der Waals surface area contributed by atoms with E-state index in [4.69, 9.17) is 0 Å². The maximum Gasteiger partial charge on any atom is 0.434 e. The number of aromatic nitrogens is 3. The lowest BCUT2D eigenvalue weighted by molar-refractivity contribution is -0.141. The number of fused-ring (bicyclic) bond motifs is 1. The van der Waals surface area contributed by atoms with Crippen LogP contribution in [0.2, 0.25) is 0 Å². The molecule has 0 unspecified atom stereocenters. The van der Waals surface area contributed by atoms with Crippen LogP contribution in [0.5, 0.6) is 0 Å². The van der Waals surface area contributed by atoms with Crippen molar-refractivity contribution >= 4 is 21.6 Å². The van der Waals surface area contributed by atoms with Crippen molar-refractivity contribution in [3.05, 3.63) is 39.1 Å². The minimum absolute atomic E-state index is 0.150. The lowest BCUT2D eigenvalue weighted by Gasteiger charge is -2.08. The van der Waals surface area contributed by atoms with Gasteiger partial charge in [0.05, 0.1) is 6.20 Å². The molecule has 0 bridgehead atoms. The topological polar surface area (TPSA) is 47.3 Å². The van der Waals surface area contributed by atoms with Gasteiger partial charge in [0, 0.05) is 12.4 Å². The van der Waals surface area contributed by atoms with Crippen LogP contribution in [0.4, 0.5) is 13.2 Å². The molecule has 16 heavy (non-hydrogen) atoms. The average molecular weight is 294 g/mol. The summed E-state index contributed by atoms with van der Waals surface area (Å²) in [4.78, 5) is 18.5. The molecule has 2 aromatic rings. The summed E-state index contributed by atoms with van der Waals surface area (Å²) in [5, 5.41) is 0. The lowest BCUT2D eigenvalue weighted by atomic mass is 10.4. The van der Waals surface area contributed by atoms with Gasteiger partial charge in [-0.15, -0.1) is 0 Å². The number of halogens is 4. The van der Waals surface area contributed by atoms with Gasteiger partial charge < -0.3 is 0 Å². The summed E-state index contributed by atoms with van der Waals surface area (Å²) in [5.74, 6) is 0. The number of alkyl halides is 3.